The van der Waals surface area contributed by atoms with Crippen LogP contribution in [0.3, 0.4) is 0 Å². The van der Waals surface area contributed by atoms with Crippen molar-refractivity contribution in [2.45, 2.75) is 25.0 Å². The Hall–Kier alpha value is -3.37. The molecule has 4 heteroatoms. The molecule has 31 heavy (non-hydrogen) atoms. The molecular formula is C27H24N2O2. The summed E-state index contributed by atoms with van der Waals surface area (Å²) in [5.74, 6) is 0.0976. The molecule has 4 aromatic rings. The van der Waals surface area contributed by atoms with Crippen LogP contribution in [0.4, 0.5) is 0 Å². The second-order valence-corrected chi connectivity index (χ2v) is 8.41. The van der Waals surface area contributed by atoms with Gasteiger partial charge in [-0.15, -0.1) is 0 Å². The third kappa shape index (κ3) is 2.98. The van der Waals surface area contributed by atoms with Crippen molar-refractivity contribution in [3.8, 4) is 11.3 Å². The van der Waals surface area contributed by atoms with Gasteiger partial charge < -0.3 is 14.6 Å². The van der Waals surface area contributed by atoms with Crippen LogP contribution >= 0.6 is 0 Å². The number of benzene rings is 3. The van der Waals surface area contributed by atoms with Crippen LogP contribution in [0.5, 0.6) is 0 Å². The third-order valence-corrected chi connectivity index (χ3v) is 6.56. The average Bonchev–Trinajstić information content (AvgIpc) is 3.53. The van der Waals surface area contributed by atoms with Crippen LogP contribution in [-0.2, 0) is 4.74 Å². The van der Waals surface area contributed by atoms with Crippen molar-refractivity contribution in [1.29, 1.82) is 0 Å². The minimum atomic E-state index is -0.140. The van der Waals surface area contributed by atoms with E-state index in [1.54, 1.807) is 0 Å². The zero-order chi connectivity index (χ0) is 20.8. The van der Waals surface area contributed by atoms with Crippen LogP contribution in [0, 0.1) is 0 Å². The van der Waals surface area contributed by atoms with Gasteiger partial charge in [-0.1, -0.05) is 66.7 Å². The maximum Gasteiger partial charge on any atom is 0.255 e. The zero-order valence-corrected chi connectivity index (χ0v) is 17.3. The summed E-state index contributed by atoms with van der Waals surface area (Å²) in [6, 6.07) is 26.7. The number of aromatic amines is 1. The number of H-pyrrole nitrogens is 1. The Morgan fingerprint density at radius 2 is 1.71 bits per heavy atom. The maximum atomic E-state index is 13.5. The molecule has 6 rings (SSSR count). The zero-order valence-electron chi connectivity index (χ0n) is 17.3. The molecule has 0 bridgehead atoms. The number of rotatable bonds is 4. The number of nitrogens with zero attached hydrogens (tertiary/aromatic N) is 1. The number of carbonyl (C=O) groups is 1. The molecule has 0 radical (unpaired) electrons. The molecule has 0 saturated carbocycles. The molecular weight excluding hydrogens is 384 g/mol. The van der Waals surface area contributed by atoms with Gasteiger partial charge in [0.1, 0.15) is 0 Å². The number of aromatic nitrogens is 1. The molecule has 0 aliphatic carbocycles. The van der Waals surface area contributed by atoms with E-state index in [1.165, 1.54) is 0 Å². The Balaban J connectivity index is 1.58. The van der Waals surface area contributed by atoms with E-state index in [0.717, 1.165) is 58.3 Å². The average molecular weight is 409 g/mol. The van der Waals surface area contributed by atoms with E-state index in [0.29, 0.717) is 6.54 Å². The smallest absolute Gasteiger partial charge is 0.255 e. The summed E-state index contributed by atoms with van der Waals surface area (Å²) in [7, 11) is 0. The molecule has 154 valence electrons. The molecule has 1 N–H and O–H groups in total. The molecule has 3 aromatic carbocycles. The molecule has 3 heterocycles. The highest BCUT2D eigenvalue weighted by Gasteiger charge is 2.41. The van der Waals surface area contributed by atoms with Gasteiger partial charge in [0, 0.05) is 35.2 Å². The summed E-state index contributed by atoms with van der Waals surface area (Å²) in [6.07, 6.45) is 2.17. The lowest BCUT2D eigenvalue weighted by Crippen LogP contribution is -2.35. The number of carbonyl (C=O) groups excluding carboxylic acids is 1. The number of para-hydroxylation sites is 1. The summed E-state index contributed by atoms with van der Waals surface area (Å²) in [6.45, 7) is 1.40. The maximum absolute atomic E-state index is 13.5. The summed E-state index contributed by atoms with van der Waals surface area (Å²) < 4.78 is 5.93. The second kappa shape index (κ2) is 7.40. The van der Waals surface area contributed by atoms with Crippen molar-refractivity contribution >= 4 is 16.8 Å². The normalized spacial score (nSPS) is 20.5. The van der Waals surface area contributed by atoms with Crippen molar-refractivity contribution in [2.75, 3.05) is 13.2 Å². The number of fused-ring (bicyclic) bond motifs is 2. The third-order valence-electron chi connectivity index (χ3n) is 6.56. The van der Waals surface area contributed by atoms with Gasteiger partial charge in [-0.05, 0) is 36.1 Å². The molecule has 4 nitrogen and oxygen atoms in total. The Bertz CT molecular complexity index is 1250. The standard InChI is InChI=1S/C27H24N2O2/c30-27-21-13-5-4-12-20(21)26(29(27)17-19-11-8-16-31-19)24-22-14-6-7-15-23(22)28-25(24)18-9-2-1-3-10-18/h1-7,9-10,12-15,19,26,28H,8,11,16-17H2/t19-,26+/m0/s1. The van der Waals surface area contributed by atoms with Gasteiger partial charge in [-0.25, -0.2) is 0 Å². The van der Waals surface area contributed by atoms with Gasteiger partial charge in [-0.3, -0.25) is 4.79 Å². The first-order chi connectivity index (χ1) is 15.3. The van der Waals surface area contributed by atoms with Crippen molar-refractivity contribution in [3.63, 3.8) is 0 Å². The van der Waals surface area contributed by atoms with E-state index in [1.807, 2.05) is 29.2 Å². The Morgan fingerprint density at radius 1 is 0.935 bits per heavy atom. The minimum absolute atomic E-state index is 0.0976. The summed E-state index contributed by atoms with van der Waals surface area (Å²) >= 11 is 0. The lowest BCUT2D eigenvalue weighted by atomic mass is 9.93. The number of ether oxygens (including phenoxy) is 1. The highest BCUT2D eigenvalue weighted by Crippen LogP contribution is 2.45. The minimum Gasteiger partial charge on any atom is -0.376 e. The number of amides is 1. The fraction of sp³-hybridized carbons (Fsp3) is 0.222. The summed E-state index contributed by atoms with van der Waals surface area (Å²) in [5, 5.41) is 1.16. The van der Waals surface area contributed by atoms with Gasteiger partial charge in [0.2, 0.25) is 0 Å². The molecule has 2 atom stereocenters. The first-order valence-corrected chi connectivity index (χ1v) is 11.0. The molecule has 1 fully saturated rings. The Labute approximate surface area is 181 Å². The predicted molar refractivity (Wildman–Crippen MR) is 122 cm³/mol. The van der Waals surface area contributed by atoms with E-state index in [2.05, 4.69) is 59.6 Å². The van der Waals surface area contributed by atoms with Crippen LogP contribution in [0.25, 0.3) is 22.2 Å². The fourth-order valence-corrected chi connectivity index (χ4v) is 5.16. The van der Waals surface area contributed by atoms with Crippen LogP contribution < -0.4 is 0 Å². The van der Waals surface area contributed by atoms with E-state index >= 15 is 0 Å². The number of nitrogens with one attached hydrogen (secondary N) is 1. The van der Waals surface area contributed by atoms with Crippen LogP contribution in [0.15, 0.2) is 78.9 Å². The van der Waals surface area contributed by atoms with Crippen molar-refractivity contribution in [2.24, 2.45) is 0 Å². The highest BCUT2D eigenvalue weighted by molar-refractivity contribution is 6.02. The van der Waals surface area contributed by atoms with Crippen LogP contribution in [0.2, 0.25) is 0 Å². The highest BCUT2D eigenvalue weighted by atomic mass is 16.5. The molecule has 2 aliphatic heterocycles. The van der Waals surface area contributed by atoms with E-state index in [4.69, 9.17) is 4.74 Å². The van der Waals surface area contributed by atoms with Gasteiger partial charge >= 0.3 is 0 Å². The molecule has 0 unspecified atom stereocenters. The lowest BCUT2D eigenvalue weighted by Gasteiger charge is -2.28. The van der Waals surface area contributed by atoms with E-state index in [9.17, 15) is 4.79 Å². The number of hydrogen-bond donors (Lipinski definition) is 1. The summed E-state index contributed by atoms with van der Waals surface area (Å²) in [4.78, 5) is 19.2. The first-order valence-electron chi connectivity index (χ1n) is 11.0. The largest absolute Gasteiger partial charge is 0.376 e. The molecule has 1 aromatic heterocycles. The fourth-order valence-electron chi connectivity index (χ4n) is 5.16. The Morgan fingerprint density at radius 3 is 2.55 bits per heavy atom. The van der Waals surface area contributed by atoms with Gasteiger partial charge in [-0.2, -0.15) is 0 Å². The second-order valence-electron chi connectivity index (χ2n) is 8.41. The molecule has 0 spiro atoms. The predicted octanol–water partition coefficient (Wildman–Crippen LogP) is 5.56. The molecule has 2 aliphatic rings. The van der Waals surface area contributed by atoms with Crippen LogP contribution in [-0.4, -0.2) is 35.0 Å². The van der Waals surface area contributed by atoms with E-state index < -0.39 is 0 Å². The topological polar surface area (TPSA) is 45.3 Å². The van der Waals surface area contributed by atoms with Crippen molar-refractivity contribution in [1.82, 2.24) is 9.88 Å². The summed E-state index contributed by atoms with van der Waals surface area (Å²) in [5.41, 5.74) is 6.34. The van der Waals surface area contributed by atoms with E-state index in [-0.39, 0.29) is 18.1 Å². The van der Waals surface area contributed by atoms with Crippen molar-refractivity contribution in [3.05, 3.63) is 95.6 Å². The van der Waals surface area contributed by atoms with Crippen molar-refractivity contribution < 1.29 is 9.53 Å². The van der Waals surface area contributed by atoms with Gasteiger partial charge in [0.25, 0.3) is 5.91 Å². The van der Waals surface area contributed by atoms with Gasteiger partial charge in [0.15, 0.2) is 0 Å². The monoisotopic (exact) mass is 408 g/mol. The molecule has 1 saturated heterocycles. The Kier molecular flexibility index (Phi) is 4.39. The molecule has 1 amide bonds. The number of hydrogen-bond acceptors (Lipinski definition) is 2. The first kappa shape index (κ1) is 18.4. The lowest BCUT2D eigenvalue weighted by molar-refractivity contribution is 0.0501. The quantitative estimate of drug-likeness (QED) is 0.481. The SMILES string of the molecule is O=C1c2ccccc2[C@H](c2c(-c3ccccc3)[nH]c3ccccc23)N1C[C@@H]1CCCO1. The van der Waals surface area contributed by atoms with Crippen LogP contribution in [0.1, 0.15) is 40.4 Å². The van der Waals surface area contributed by atoms with Gasteiger partial charge in [0.05, 0.1) is 17.8 Å².